The molecule has 0 saturated carbocycles. The van der Waals surface area contributed by atoms with Crippen molar-refractivity contribution < 1.29 is 4.79 Å². The molecule has 0 aliphatic rings. The molecule has 4 N–H and O–H groups in total. The van der Waals surface area contributed by atoms with E-state index in [2.05, 4.69) is 15.4 Å². The van der Waals surface area contributed by atoms with Crippen LogP contribution in [0.25, 0.3) is 0 Å². The Balaban J connectivity index is 2.06. The number of nitrogens with zero attached hydrogens (tertiary/aromatic N) is 5. The largest absolute Gasteiger partial charge is 0.399 e. The maximum Gasteiger partial charge on any atom is 0.231 e. The highest BCUT2D eigenvalue weighted by atomic mass is 16.1. The van der Waals surface area contributed by atoms with Gasteiger partial charge in [0.1, 0.15) is 0 Å². The summed E-state index contributed by atoms with van der Waals surface area (Å²) in [5.74, 6) is 0.147. The Labute approximate surface area is 116 Å². The van der Waals surface area contributed by atoms with Crippen LogP contribution >= 0.6 is 0 Å². The Bertz CT molecular complexity index is 578. The van der Waals surface area contributed by atoms with Crippen molar-refractivity contribution in [3.05, 3.63) is 35.7 Å². The van der Waals surface area contributed by atoms with Gasteiger partial charge in [0.25, 0.3) is 0 Å². The van der Waals surface area contributed by atoms with Crippen LogP contribution in [0, 0.1) is 0 Å². The van der Waals surface area contributed by atoms with Crippen molar-refractivity contribution in [2.24, 2.45) is 12.8 Å². The number of nitrogen functional groups attached to an aromatic ring is 1. The summed E-state index contributed by atoms with van der Waals surface area (Å²) in [6, 6.07) is 7.46. The van der Waals surface area contributed by atoms with E-state index in [0.717, 1.165) is 5.56 Å². The molecule has 8 heteroatoms. The highest BCUT2D eigenvalue weighted by Gasteiger charge is 2.13. The molecule has 0 aliphatic heterocycles. The van der Waals surface area contributed by atoms with Gasteiger partial charge in [0.05, 0.1) is 20.1 Å². The molecule has 0 aliphatic carbocycles. The number of carbonyl (C=O) groups is 1. The van der Waals surface area contributed by atoms with Crippen LogP contribution < -0.4 is 11.5 Å². The minimum absolute atomic E-state index is 0.128. The number of hydrogen-bond acceptors (Lipinski definition) is 6. The summed E-state index contributed by atoms with van der Waals surface area (Å²) < 4.78 is 0. The van der Waals surface area contributed by atoms with Gasteiger partial charge in [-0.05, 0) is 22.9 Å². The number of anilines is 1. The lowest BCUT2D eigenvalue weighted by Gasteiger charge is -2.18. The molecule has 0 fully saturated rings. The number of primary amides is 1. The van der Waals surface area contributed by atoms with Crippen molar-refractivity contribution in [2.45, 2.75) is 13.1 Å². The van der Waals surface area contributed by atoms with Crippen molar-refractivity contribution >= 4 is 11.6 Å². The molecule has 0 radical (unpaired) electrons. The second kappa shape index (κ2) is 6.11. The van der Waals surface area contributed by atoms with E-state index >= 15 is 0 Å². The Morgan fingerprint density at radius 3 is 2.55 bits per heavy atom. The molecule has 0 bridgehead atoms. The van der Waals surface area contributed by atoms with Crippen molar-refractivity contribution in [3.63, 3.8) is 0 Å². The molecule has 0 spiro atoms. The minimum atomic E-state index is -0.399. The fourth-order valence-corrected chi connectivity index (χ4v) is 1.86. The van der Waals surface area contributed by atoms with Gasteiger partial charge in [0, 0.05) is 12.2 Å². The molecule has 106 valence electrons. The minimum Gasteiger partial charge on any atom is -0.399 e. The summed E-state index contributed by atoms with van der Waals surface area (Å²) in [4.78, 5) is 14.4. The molecule has 2 rings (SSSR count). The van der Waals surface area contributed by atoms with Crippen molar-refractivity contribution in [3.8, 4) is 0 Å². The van der Waals surface area contributed by atoms with Gasteiger partial charge in [-0.25, -0.2) is 0 Å². The summed E-state index contributed by atoms with van der Waals surface area (Å²) in [7, 11) is 1.69. The topological polar surface area (TPSA) is 116 Å². The average molecular weight is 275 g/mol. The monoisotopic (exact) mass is 275 g/mol. The maximum atomic E-state index is 11.1. The lowest BCUT2D eigenvalue weighted by Crippen LogP contribution is -2.33. The smallest absolute Gasteiger partial charge is 0.231 e. The zero-order valence-corrected chi connectivity index (χ0v) is 11.2. The van der Waals surface area contributed by atoms with Crippen molar-refractivity contribution in [2.75, 3.05) is 12.3 Å². The van der Waals surface area contributed by atoms with E-state index in [1.165, 1.54) is 4.80 Å². The molecule has 0 unspecified atom stereocenters. The number of nitrogens with two attached hydrogens (primary N) is 2. The fraction of sp³-hybridized carbons (Fsp3) is 0.333. The molecule has 2 aromatic rings. The number of benzene rings is 1. The maximum absolute atomic E-state index is 11.1. The van der Waals surface area contributed by atoms with Crippen LogP contribution in [0.2, 0.25) is 0 Å². The highest BCUT2D eigenvalue weighted by molar-refractivity contribution is 5.75. The predicted molar refractivity (Wildman–Crippen MR) is 73.0 cm³/mol. The lowest BCUT2D eigenvalue weighted by molar-refractivity contribution is -0.119. The third-order valence-corrected chi connectivity index (χ3v) is 2.68. The molecule has 0 atom stereocenters. The Morgan fingerprint density at radius 1 is 1.30 bits per heavy atom. The standard InChI is InChI=1S/C12H17N7O/c1-18-16-12(15-17-18)8-19(7-11(14)20)6-9-2-4-10(13)5-3-9/h2-5H,6-8,13H2,1H3,(H2,14,20). The van der Waals surface area contributed by atoms with Crippen molar-refractivity contribution in [1.29, 1.82) is 0 Å². The SMILES string of the molecule is Cn1nnc(CN(CC(N)=O)Cc2ccc(N)cc2)n1. The quantitative estimate of drug-likeness (QED) is 0.672. The summed E-state index contributed by atoms with van der Waals surface area (Å²) in [6.07, 6.45) is 0. The van der Waals surface area contributed by atoms with Gasteiger partial charge in [0.2, 0.25) is 5.91 Å². The van der Waals surface area contributed by atoms with Crippen LogP contribution in [0.1, 0.15) is 11.4 Å². The lowest BCUT2D eigenvalue weighted by atomic mass is 10.2. The highest BCUT2D eigenvalue weighted by Crippen LogP contribution is 2.10. The van der Waals surface area contributed by atoms with Crippen LogP contribution in [-0.4, -0.2) is 37.6 Å². The molecule has 20 heavy (non-hydrogen) atoms. The fourth-order valence-electron chi connectivity index (χ4n) is 1.86. The van der Waals surface area contributed by atoms with Gasteiger partial charge < -0.3 is 11.5 Å². The summed E-state index contributed by atoms with van der Waals surface area (Å²) in [6.45, 7) is 1.09. The summed E-state index contributed by atoms with van der Waals surface area (Å²) in [5.41, 5.74) is 12.6. The molecular formula is C12H17N7O. The van der Waals surface area contributed by atoms with E-state index in [1.807, 2.05) is 29.2 Å². The summed E-state index contributed by atoms with van der Waals surface area (Å²) in [5, 5.41) is 11.8. The van der Waals surface area contributed by atoms with E-state index in [1.54, 1.807) is 7.05 Å². The Hall–Kier alpha value is -2.48. The molecule has 1 amide bonds. The number of rotatable bonds is 6. The first-order chi connectivity index (χ1) is 9.52. The van der Waals surface area contributed by atoms with E-state index in [-0.39, 0.29) is 6.54 Å². The van der Waals surface area contributed by atoms with Gasteiger partial charge in [0.15, 0.2) is 5.82 Å². The van der Waals surface area contributed by atoms with E-state index in [9.17, 15) is 4.79 Å². The Kier molecular flexibility index (Phi) is 4.26. The molecule has 0 saturated heterocycles. The predicted octanol–water partition coefficient (Wildman–Crippen LogP) is -0.720. The average Bonchev–Trinajstić information content (AvgIpc) is 2.77. The number of hydrogen-bond donors (Lipinski definition) is 2. The summed E-state index contributed by atoms with van der Waals surface area (Å²) >= 11 is 0. The van der Waals surface area contributed by atoms with E-state index in [4.69, 9.17) is 11.5 Å². The zero-order valence-electron chi connectivity index (χ0n) is 11.2. The molecule has 1 aromatic heterocycles. The number of amides is 1. The molecule has 8 nitrogen and oxygen atoms in total. The van der Waals surface area contributed by atoms with Crippen LogP contribution in [0.4, 0.5) is 5.69 Å². The number of carbonyl (C=O) groups excluding carboxylic acids is 1. The third-order valence-electron chi connectivity index (χ3n) is 2.68. The van der Waals surface area contributed by atoms with Gasteiger partial charge in [-0.15, -0.1) is 10.2 Å². The van der Waals surface area contributed by atoms with Gasteiger partial charge in [-0.1, -0.05) is 12.1 Å². The Morgan fingerprint density at radius 2 is 2.00 bits per heavy atom. The van der Waals surface area contributed by atoms with Gasteiger partial charge in [-0.2, -0.15) is 4.80 Å². The van der Waals surface area contributed by atoms with Crippen molar-refractivity contribution in [1.82, 2.24) is 25.1 Å². The molecule has 1 heterocycles. The second-order valence-corrected chi connectivity index (χ2v) is 4.55. The van der Waals surface area contributed by atoms with Crippen LogP contribution in [0.5, 0.6) is 0 Å². The first-order valence-corrected chi connectivity index (χ1v) is 6.11. The zero-order chi connectivity index (χ0) is 14.5. The molecular weight excluding hydrogens is 258 g/mol. The number of aryl methyl sites for hydroxylation is 1. The molecule has 1 aromatic carbocycles. The number of aromatic nitrogens is 4. The third kappa shape index (κ3) is 4.02. The van der Waals surface area contributed by atoms with E-state index < -0.39 is 5.91 Å². The first-order valence-electron chi connectivity index (χ1n) is 6.11. The van der Waals surface area contributed by atoms with Crippen LogP contribution in [0.15, 0.2) is 24.3 Å². The van der Waals surface area contributed by atoms with Crippen LogP contribution in [0.3, 0.4) is 0 Å². The van der Waals surface area contributed by atoms with E-state index in [0.29, 0.717) is 24.6 Å². The second-order valence-electron chi connectivity index (χ2n) is 4.55. The van der Waals surface area contributed by atoms with Gasteiger partial charge in [-0.3, -0.25) is 9.69 Å². The normalized spacial score (nSPS) is 10.9. The number of tetrazole rings is 1. The first kappa shape index (κ1) is 13.9. The van der Waals surface area contributed by atoms with Gasteiger partial charge >= 0.3 is 0 Å². The van der Waals surface area contributed by atoms with Crippen LogP contribution in [-0.2, 0) is 24.9 Å².